The van der Waals surface area contributed by atoms with Gasteiger partial charge in [-0.05, 0) is 37.8 Å². The van der Waals surface area contributed by atoms with E-state index in [2.05, 4.69) is 27.6 Å². The first-order valence-electron chi connectivity index (χ1n) is 9.70. The van der Waals surface area contributed by atoms with E-state index in [1.807, 2.05) is 4.90 Å². The number of nitrogens with zero attached hydrogens (tertiary/aromatic N) is 3. The molecule has 2 aliphatic heterocycles. The zero-order valence-corrected chi connectivity index (χ0v) is 15.7. The van der Waals surface area contributed by atoms with Gasteiger partial charge in [0.1, 0.15) is 6.61 Å². The lowest BCUT2D eigenvalue weighted by Gasteiger charge is -2.32. The van der Waals surface area contributed by atoms with Gasteiger partial charge in [-0.15, -0.1) is 0 Å². The van der Waals surface area contributed by atoms with E-state index in [1.165, 1.54) is 0 Å². The number of carbonyl (C=O) groups excluding carboxylic acids is 1. The van der Waals surface area contributed by atoms with E-state index in [0.29, 0.717) is 12.6 Å². The zero-order chi connectivity index (χ0) is 18.6. The van der Waals surface area contributed by atoms with Crippen LogP contribution in [0.1, 0.15) is 37.3 Å². The Hall–Kier alpha value is -2.19. The summed E-state index contributed by atoms with van der Waals surface area (Å²) in [4.78, 5) is 18.8. The van der Waals surface area contributed by atoms with Crippen LogP contribution in [0.4, 0.5) is 5.82 Å². The van der Waals surface area contributed by atoms with Crippen LogP contribution < -0.4 is 5.32 Å². The number of carbonyl (C=O) groups is 1. The Morgan fingerprint density at radius 3 is 3.04 bits per heavy atom. The van der Waals surface area contributed by atoms with Gasteiger partial charge in [-0.25, -0.2) is 4.98 Å². The number of likely N-dealkylation sites (tertiary alicyclic amines) is 1. The number of piperidine rings is 1. The third-order valence-electron chi connectivity index (χ3n) is 5.47. The van der Waals surface area contributed by atoms with Crippen molar-refractivity contribution in [3.8, 4) is 0 Å². The Morgan fingerprint density at radius 2 is 2.22 bits per heavy atom. The summed E-state index contributed by atoms with van der Waals surface area (Å²) < 4.78 is 10.4. The number of ether oxygens (including phenoxy) is 2. The van der Waals surface area contributed by atoms with Crippen LogP contribution in [-0.4, -0.2) is 72.1 Å². The van der Waals surface area contributed by atoms with Crippen LogP contribution in [0.5, 0.6) is 0 Å². The largest absolute Gasteiger partial charge is 0.381 e. The average Bonchev–Trinajstić information content (AvgIpc) is 3.11. The van der Waals surface area contributed by atoms with E-state index in [1.54, 1.807) is 7.11 Å². The Bertz CT molecular complexity index is 787. The fourth-order valence-electron chi connectivity index (χ4n) is 3.95. The Kier molecular flexibility index (Phi) is 5.54. The van der Waals surface area contributed by atoms with E-state index in [9.17, 15) is 4.79 Å². The molecule has 27 heavy (non-hydrogen) atoms. The molecular weight excluding hydrogens is 346 g/mol. The minimum atomic E-state index is 0.0489. The van der Waals surface area contributed by atoms with E-state index in [0.717, 1.165) is 68.0 Å². The molecule has 4 rings (SSSR count). The van der Waals surface area contributed by atoms with Crippen molar-refractivity contribution in [3.05, 3.63) is 17.8 Å². The molecule has 2 fully saturated rings. The number of aromatic nitrogens is 3. The van der Waals surface area contributed by atoms with Gasteiger partial charge < -0.3 is 19.7 Å². The van der Waals surface area contributed by atoms with E-state index in [-0.39, 0.29) is 18.4 Å². The minimum absolute atomic E-state index is 0.0489. The molecule has 0 radical (unpaired) electrons. The predicted molar refractivity (Wildman–Crippen MR) is 102 cm³/mol. The van der Waals surface area contributed by atoms with Gasteiger partial charge in [0.25, 0.3) is 0 Å². The molecule has 2 aromatic rings. The molecule has 2 aromatic heterocycles. The average molecular weight is 373 g/mol. The van der Waals surface area contributed by atoms with Crippen LogP contribution in [0.15, 0.2) is 12.1 Å². The van der Waals surface area contributed by atoms with Crippen molar-refractivity contribution in [1.29, 1.82) is 0 Å². The van der Waals surface area contributed by atoms with Crippen molar-refractivity contribution in [2.75, 3.05) is 45.3 Å². The number of anilines is 1. The number of fused-ring (bicyclic) bond motifs is 1. The van der Waals surface area contributed by atoms with Crippen molar-refractivity contribution < 1.29 is 14.3 Å². The van der Waals surface area contributed by atoms with Gasteiger partial charge >= 0.3 is 0 Å². The number of pyridine rings is 1. The molecule has 1 atom stereocenters. The molecule has 2 saturated heterocycles. The van der Waals surface area contributed by atoms with Crippen molar-refractivity contribution >= 4 is 22.8 Å². The van der Waals surface area contributed by atoms with Crippen molar-refractivity contribution in [2.45, 2.75) is 37.6 Å². The van der Waals surface area contributed by atoms with Crippen LogP contribution in [0.25, 0.3) is 11.0 Å². The molecule has 8 heteroatoms. The summed E-state index contributed by atoms with van der Waals surface area (Å²) in [6, 6.07) is 4.55. The van der Waals surface area contributed by atoms with Gasteiger partial charge in [-0.2, -0.15) is 5.10 Å². The second kappa shape index (κ2) is 8.22. The second-order valence-corrected chi connectivity index (χ2v) is 7.35. The third-order valence-corrected chi connectivity index (χ3v) is 5.47. The molecule has 146 valence electrons. The maximum absolute atomic E-state index is 12.1. The fourth-order valence-corrected chi connectivity index (χ4v) is 3.95. The first-order chi connectivity index (χ1) is 13.2. The molecule has 0 aromatic carbocycles. The Balaban J connectivity index is 1.47. The molecule has 2 N–H and O–H groups in total. The van der Waals surface area contributed by atoms with Gasteiger partial charge in [0, 0.05) is 51.1 Å². The van der Waals surface area contributed by atoms with Crippen LogP contribution >= 0.6 is 0 Å². The summed E-state index contributed by atoms with van der Waals surface area (Å²) in [5.74, 6) is 1.16. The highest BCUT2D eigenvalue weighted by atomic mass is 16.5. The summed E-state index contributed by atoms with van der Waals surface area (Å²) >= 11 is 0. The van der Waals surface area contributed by atoms with Crippen LogP contribution in [-0.2, 0) is 14.3 Å². The number of H-pyrrole nitrogens is 1. The highest BCUT2D eigenvalue weighted by Crippen LogP contribution is 2.29. The van der Waals surface area contributed by atoms with Crippen molar-refractivity contribution in [1.82, 2.24) is 20.1 Å². The first kappa shape index (κ1) is 18.2. The number of hydrogen-bond acceptors (Lipinski definition) is 6. The molecule has 0 bridgehead atoms. The summed E-state index contributed by atoms with van der Waals surface area (Å²) in [5.41, 5.74) is 1.81. The smallest absolute Gasteiger partial charge is 0.248 e. The zero-order valence-electron chi connectivity index (χ0n) is 15.7. The summed E-state index contributed by atoms with van der Waals surface area (Å²) in [7, 11) is 1.55. The van der Waals surface area contributed by atoms with Crippen LogP contribution in [0, 0.1) is 0 Å². The maximum Gasteiger partial charge on any atom is 0.248 e. The summed E-state index contributed by atoms with van der Waals surface area (Å²) in [5, 5.41) is 12.0. The third kappa shape index (κ3) is 4.06. The Morgan fingerprint density at radius 1 is 1.37 bits per heavy atom. The van der Waals surface area contributed by atoms with Crippen molar-refractivity contribution in [3.63, 3.8) is 0 Å². The molecule has 1 amide bonds. The van der Waals surface area contributed by atoms with Gasteiger partial charge in [-0.3, -0.25) is 9.89 Å². The molecular formula is C19H27N5O3. The topological polar surface area (TPSA) is 92.4 Å². The van der Waals surface area contributed by atoms with Gasteiger partial charge in [-0.1, -0.05) is 0 Å². The molecule has 2 aliphatic rings. The van der Waals surface area contributed by atoms with Crippen LogP contribution in [0.3, 0.4) is 0 Å². The number of methoxy groups -OCH3 is 1. The van der Waals surface area contributed by atoms with Crippen molar-refractivity contribution in [2.24, 2.45) is 0 Å². The molecule has 0 saturated carbocycles. The van der Waals surface area contributed by atoms with E-state index in [4.69, 9.17) is 14.5 Å². The minimum Gasteiger partial charge on any atom is -0.381 e. The summed E-state index contributed by atoms with van der Waals surface area (Å²) in [6.07, 6.45) is 4.01. The SMILES string of the molecule is COCC(=O)N1CCCC(c2ccc3c(NC4CCOCC4)n[nH]c3n2)C1. The lowest BCUT2D eigenvalue weighted by Crippen LogP contribution is -2.41. The van der Waals surface area contributed by atoms with Gasteiger partial charge in [0.15, 0.2) is 11.5 Å². The quantitative estimate of drug-likeness (QED) is 0.832. The number of aromatic amines is 1. The Labute approximate surface area is 158 Å². The van der Waals surface area contributed by atoms with Gasteiger partial charge in [0.2, 0.25) is 5.91 Å². The fraction of sp³-hybridized carbons (Fsp3) is 0.632. The first-order valence-corrected chi connectivity index (χ1v) is 9.70. The van der Waals surface area contributed by atoms with Crippen LogP contribution in [0.2, 0.25) is 0 Å². The summed E-state index contributed by atoms with van der Waals surface area (Å²) in [6.45, 7) is 3.22. The number of hydrogen-bond donors (Lipinski definition) is 2. The predicted octanol–water partition coefficient (Wildman–Crippen LogP) is 1.90. The molecule has 1 unspecified atom stereocenters. The monoisotopic (exact) mass is 373 g/mol. The lowest BCUT2D eigenvalue weighted by atomic mass is 9.94. The van der Waals surface area contributed by atoms with E-state index >= 15 is 0 Å². The molecule has 0 aliphatic carbocycles. The number of rotatable bonds is 5. The maximum atomic E-state index is 12.1. The highest BCUT2D eigenvalue weighted by molar-refractivity contribution is 5.87. The standard InChI is InChI=1S/C19H27N5O3/c1-26-12-17(25)24-8-2-3-13(11-24)16-5-4-15-18(22-23-19(15)21-16)20-14-6-9-27-10-7-14/h4-5,13-14H,2-3,6-12H2,1H3,(H2,20,21,22,23). The number of nitrogens with one attached hydrogen (secondary N) is 2. The molecule has 0 spiro atoms. The second-order valence-electron chi connectivity index (χ2n) is 7.35. The lowest BCUT2D eigenvalue weighted by molar-refractivity contribution is -0.136. The highest BCUT2D eigenvalue weighted by Gasteiger charge is 2.26. The molecule has 4 heterocycles. The van der Waals surface area contributed by atoms with Gasteiger partial charge in [0.05, 0.1) is 5.39 Å². The number of amides is 1. The molecule has 8 nitrogen and oxygen atoms in total. The van der Waals surface area contributed by atoms with E-state index < -0.39 is 0 Å². The normalized spacial score (nSPS) is 21.5.